The lowest BCUT2D eigenvalue weighted by molar-refractivity contribution is 0.746. The molecule has 0 saturated carbocycles. The molecule has 2 rings (SSSR count). The van der Waals surface area contributed by atoms with Crippen LogP contribution in [0.25, 0.3) is 0 Å². The predicted molar refractivity (Wildman–Crippen MR) is 68.0 cm³/mol. The van der Waals surface area contributed by atoms with Crippen molar-refractivity contribution in [2.45, 2.75) is 19.8 Å². The third-order valence-corrected chi connectivity index (χ3v) is 2.83. The van der Waals surface area contributed by atoms with Crippen LogP contribution in [-0.2, 0) is 26.9 Å². The van der Waals surface area contributed by atoms with E-state index >= 15 is 0 Å². The van der Waals surface area contributed by atoms with Crippen LogP contribution < -0.4 is 5.32 Å². The van der Waals surface area contributed by atoms with Gasteiger partial charge in [-0.25, -0.2) is 4.98 Å². The van der Waals surface area contributed by atoms with Gasteiger partial charge in [-0.15, -0.1) is 0 Å². The van der Waals surface area contributed by atoms with Crippen LogP contribution in [0.1, 0.15) is 18.4 Å². The summed E-state index contributed by atoms with van der Waals surface area (Å²) in [6.45, 7) is 3.00. The van der Waals surface area contributed by atoms with Crippen molar-refractivity contribution in [2.24, 2.45) is 14.1 Å². The van der Waals surface area contributed by atoms with Crippen LogP contribution in [0.4, 0.5) is 5.69 Å². The van der Waals surface area contributed by atoms with E-state index in [9.17, 15) is 0 Å². The van der Waals surface area contributed by atoms with E-state index in [0.29, 0.717) is 0 Å². The van der Waals surface area contributed by atoms with E-state index in [1.807, 2.05) is 41.9 Å². The second-order valence-electron chi connectivity index (χ2n) is 4.15. The highest BCUT2D eigenvalue weighted by Gasteiger charge is 2.05. The fraction of sp³-hybridized carbons (Fsp3) is 0.500. The Morgan fingerprint density at radius 3 is 2.82 bits per heavy atom. The first kappa shape index (κ1) is 11.7. The van der Waals surface area contributed by atoms with Crippen LogP contribution in [0.2, 0.25) is 0 Å². The van der Waals surface area contributed by atoms with E-state index in [4.69, 9.17) is 0 Å². The molecule has 0 radical (unpaired) electrons. The fourth-order valence-electron chi connectivity index (χ4n) is 1.89. The van der Waals surface area contributed by atoms with Crippen molar-refractivity contribution in [1.29, 1.82) is 0 Å². The number of aryl methyl sites for hydroxylation is 3. The van der Waals surface area contributed by atoms with Crippen LogP contribution >= 0.6 is 0 Å². The Hall–Kier alpha value is -1.78. The number of rotatable bonds is 5. The standard InChI is InChI=1S/C12H19N5/c1-4-10-11(9-17(3)15-10)13-6-5-12-14-7-8-16(12)2/h7-9,13H,4-6H2,1-3H3. The molecule has 17 heavy (non-hydrogen) atoms. The van der Waals surface area contributed by atoms with Gasteiger partial charge in [0.15, 0.2) is 0 Å². The summed E-state index contributed by atoms with van der Waals surface area (Å²) in [5.41, 5.74) is 2.25. The van der Waals surface area contributed by atoms with Crippen molar-refractivity contribution < 1.29 is 0 Å². The predicted octanol–water partition coefficient (Wildman–Crippen LogP) is 1.37. The summed E-state index contributed by atoms with van der Waals surface area (Å²) in [6, 6.07) is 0. The van der Waals surface area contributed by atoms with Gasteiger partial charge >= 0.3 is 0 Å². The summed E-state index contributed by atoms with van der Waals surface area (Å²) in [6.07, 6.45) is 7.69. The highest BCUT2D eigenvalue weighted by atomic mass is 15.3. The fourth-order valence-corrected chi connectivity index (χ4v) is 1.89. The number of nitrogens with one attached hydrogen (secondary N) is 1. The van der Waals surface area contributed by atoms with Crippen LogP contribution in [0.5, 0.6) is 0 Å². The number of aromatic nitrogens is 4. The number of hydrogen-bond acceptors (Lipinski definition) is 3. The second-order valence-corrected chi connectivity index (χ2v) is 4.15. The molecule has 5 nitrogen and oxygen atoms in total. The Morgan fingerprint density at radius 2 is 2.18 bits per heavy atom. The van der Waals surface area contributed by atoms with Gasteiger partial charge in [-0.1, -0.05) is 6.92 Å². The zero-order valence-corrected chi connectivity index (χ0v) is 10.6. The molecule has 0 saturated heterocycles. The first-order valence-electron chi connectivity index (χ1n) is 5.93. The summed E-state index contributed by atoms with van der Waals surface area (Å²) < 4.78 is 3.90. The lowest BCUT2D eigenvalue weighted by atomic mass is 10.3. The van der Waals surface area contributed by atoms with Crippen molar-refractivity contribution in [1.82, 2.24) is 19.3 Å². The molecule has 0 bridgehead atoms. The average Bonchev–Trinajstić information content (AvgIpc) is 2.86. The molecular formula is C12H19N5. The number of anilines is 1. The van der Waals surface area contributed by atoms with Gasteiger partial charge in [-0.2, -0.15) is 5.10 Å². The Balaban J connectivity index is 1.92. The number of nitrogens with zero attached hydrogens (tertiary/aromatic N) is 4. The molecule has 0 aromatic carbocycles. The Kier molecular flexibility index (Phi) is 3.46. The quantitative estimate of drug-likeness (QED) is 0.848. The monoisotopic (exact) mass is 233 g/mol. The smallest absolute Gasteiger partial charge is 0.110 e. The van der Waals surface area contributed by atoms with Crippen LogP contribution in [0, 0.1) is 0 Å². The SMILES string of the molecule is CCc1nn(C)cc1NCCc1nccn1C. The van der Waals surface area contributed by atoms with Gasteiger partial charge in [0, 0.05) is 45.7 Å². The maximum atomic E-state index is 4.40. The zero-order valence-electron chi connectivity index (χ0n) is 10.6. The normalized spacial score (nSPS) is 10.8. The molecule has 2 aromatic heterocycles. The maximum Gasteiger partial charge on any atom is 0.110 e. The Morgan fingerprint density at radius 1 is 1.35 bits per heavy atom. The van der Waals surface area contributed by atoms with Gasteiger partial charge < -0.3 is 9.88 Å². The average molecular weight is 233 g/mol. The zero-order chi connectivity index (χ0) is 12.3. The molecule has 0 amide bonds. The van der Waals surface area contributed by atoms with E-state index in [-0.39, 0.29) is 0 Å². The summed E-state index contributed by atoms with van der Waals surface area (Å²) >= 11 is 0. The molecule has 0 aliphatic heterocycles. The topological polar surface area (TPSA) is 47.7 Å². The Labute approximate surface area is 101 Å². The van der Waals surface area contributed by atoms with Gasteiger partial charge in [0.25, 0.3) is 0 Å². The van der Waals surface area contributed by atoms with Crippen molar-refractivity contribution in [2.75, 3.05) is 11.9 Å². The highest BCUT2D eigenvalue weighted by Crippen LogP contribution is 2.13. The van der Waals surface area contributed by atoms with Crippen molar-refractivity contribution in [3.63, 3.8) is 0 Å². The lowest BCUT2D eigenvalue weighted by Gasteiger charge is -2.05. The molecule has 5 heteroatoms. The van der Waals surface area contributed by atoms with Gasteiger partial charge in [-0.3, -0.25) is 4.68 Å². The summed E-state index contributed by atoms with van der Waals surface area (Å²) in [5.74, 6) is 1.10. The van der Waals surface area contributed by atoms with Crippen molar-refractivity contribution in [3.05, 3.63) is 30.1 Å². The molecule has 0 fully saturated rings. The van der Waals surface area contributed by atoms with Gasteiger partial charge in [0.1, 0.15) is 5.82 Å². The maximum absolute atomic E-state index is 4.40. The molecule has 0 unspecified atom stereocenters. The summed E-state index contributed by atoms with van der Waals surface area (Å²) in [7, 11) is 3.97. The van der Waals surface area contributed by atoms with E-state index in [1.54, 1.807) is 0 Å². The van der Waals surface area contributed by atoms with Crippen molar-refractivity contribution in [3.8, 4) is 0 Å². The molecule has 0 aliphatic carbocycles. The molecule has 1 N–H and O–H groups in total. The van der Waals surface area contributed by atoms with Gasteiger partial charge in [0.2, 0.25) is 0 Å². The molecular weight excluding hydrogens is 214 g/mol. The number of imidazole rings is 1. The third kappa shape index (κ3) is 2.67. The van der Waals surface area contributed by atoms with Crippen LogP contribution in [0.15, 0.2) is 18.6 Å². The minimum atomic E-state index is 0.879. The molecule has 0 aliphatic rings. The molecule has 0 atom stereocenters. The molecule has 92 valence electrons. The minimum Gasteiger partial charge on any atom is -0.382 e. The third-order valence-electron chi connectivity index (χ3n) is 2.83. The first-order valence-corrected chi connectivity index (χ1v) is 5.93. The van der Waals surface area contributed by atoms with E-state index in [1.165, 1.54) is 0 Å². The molecule has 2 aromatic rings. The largest absolute Gasteiger partial charge is 0.382 e. The van der Waals surface area contributed by atoms with E-state index in [2.05, 4.69) is 22.3 Å². The Bertz CT molecular complexity index is 483. The minimum absolute atomic E-state index is 0.879. The van der Waals surface area contributed by atoms with E-state index < -0.39 is 0 Å². The summed E-state index contributed by atoms with van der Waals surface area (Å²) in [4.78, 5) is 4.30. The van der Waals surface area contributed by atoms with Crippen molar-refractivity contribution >= 4 is 5.69 Å². The second kappa shape index (κ2) is 5.03. The number of hydrogen-bond donors (Lipinski definition) is 1. The van der Waals surface area contributed by atoms with Gasteiger partial charge in [-0.05, 0) is 6.42 Å². The first-order chi connectivity index (χ1) is 8.20. The highest BCUT2D eigenvalue weighted by molar-refractivity contribution is 5.46. The molecule has 2 heterocycles. The van der Waals surface area contributed by atoms with Gasteiger partial charge in [0.05, 0.1) is 11.4 Å². The van der Waals surface area contributed by atoms with Crippen LogP contribution in [0.3, 0.4) is 0 Å². The molecule has 0 spiro atoms. The van der Waals surface area contributed by atoms with Crippen LogP contribution in [-0.4, -0.2) is 25.9 Å². The summed E-state index contributed by atoms with van der Waals surface area (Å²) in [5, 5.41) is 7.81. The lowest BCUT2D eigenvalue weighted by Crippen LogP contribution is -2.09. The van der Waals surface area contributed by atoms with E-state index in [0.717, 1.165) is 36.6 Å².